The fourth-order valence-corrected chi connectivity index (χ4v) is 3.88. The summed E-state index contributed by atoms with van der Waals surface area (Å²) in [6.07, 6.45) is 5.20. The van der Waals surface area contributed by atoms with Gasteiger partial charge in [-0.15, -0.1) is 0 Å². The van der Waals surface area contributed by atoms with Gasteiger partial charge >= 0.3 is 5.97 Å². The molecule has 3 aliphatic rings. The number of carbonyl (C=O) groups excluding carboxylic acids is 1. The minimum atomic E-state index is -1.72. The second-order valence-corrected chi connectivity index (χ2v) is 6.62. The Morgan fingerprint density at radius 3 is 2.52 bits per heavy atom. The van der Waals surface area contributed by atoms with Crippen LogP contribution in [0.5, 0.6) is 0 Å². The molecular weight excluding hydrogens is 290 g/mol. The molecule has 3 heterocycles. The summed E-state index contributed by atoms with van der Waals surface area (Å²) in [4.78, 5) is 15.2. The van der Waals surface area contributed by atoms with Gasteiger partial charge in [0.2, 0.25) is 5.60 Å². The number of benzene rings is 1. The third-order valence-corrected chi connectivity index (χ3v) is 5.27. The first-order chi connectivity index (χ1) is 11.1. The SMILES string of the molecule is C/C=C\C(O)(C(=O)OC1C2CCN(CC2)C1C)c1ccccc1. The van der Waals surface area contributed by atoms with Crippen molar-refractivity contribution in [3.8, 4) is 0 Å². The van der Waals surface area contributed by atoms with Gasteiger partial charge in [0.05, 0.1) is 0 Å². The van der Waals surface area contributed by atoms with Crippen LogP contribution in [0.2, 0.25) is 0 Å². The highest BCUT2D eigenvalue weighted by Crippen LogP contribution is 2.36. The summed E-state index contributed by atoms with van der Waals surface area (Å²) in [5.41, 5.74) is -1.18. The van der Waals surface area contributed by atoms with Crippen LogP contribution in [0.1, 0.15) is 32.3 Å². The summed E-state index contributed by atoms with van der Waals surface area (Å²) in [7, 11) is 0. The molecule has 1 N–H and O–H groups in total. The summed E-state index contributed by atoms with van der Waals surface area (Å²) in [6.45, 7) is 6.06. The molecule has 3 fully saturated rings. The highest BCUT2D eigenvalue weighted by atomic mass is 16.6. The first kappa shape index (κ1) is 16.2. The molecular formula is C19H25NO3. The van der Waals surface area contributed by atoms with Gasteiger partial charge in [-0.25, -0.2) is 4.79 Å². The van der Waals surface area contributed by atoms with Crippen LogP contribution in [0.3, 0.4) is 0 Å². The highest BCUT2D eigenvalue weighted by molar-refractivity contribution is 5.83. The van der Waals surface area contributed by atoms with E-state index in [2.05, 4.69) is 11.8 Å². The van der Waals surface area contributed by atoms with Gasteiger partial charge in [-0.1, -0.05) is 36.4 Å². The van der Waals surface area contributed by atoms with E-state index in [4.69, 9.17) is 4.74 Å². The van der Waals surface area contributed by atoms with Crippen molar-refractivity contribution >= 4 is 5.97 Å². The summed E-state index contributed by atoms with van der Waals surface area (Å²) in [6, 6.07) is 9.21. The number of carbonyl (C=O) groups is 1. The average Bonchev–Trinajstić information content (AvgIpc) is 2.59. The number of aliphatic hydroxyl groups is 1. The van der Waals surface area contributed by atoms with Gasteiger partial charge in [-0.05, 0) is 57.3 Å². The molecule has 1 aromatic carbocycles. The van der Waals surface area contributed by atoms with Crippen molar-refractivity contribution in [3.63, 3.8) is 0 Å². The third-order valence-electron chi connectivity index (χ3n) is 5.27. The Hall–Kier alpha value is -1.65. The van der Waals surface area contributed by atoms with E-state index in [1.54, 1.807) is 25.1 Å². The quantitative estimate of drug-likeness (QED) is 0.685. The molecule has 0 amide bonds. The van der Waals surface area contributed by atoms with Crippen molar-refractivity contribution in [2.24, 2.45) is 5.92 Å². The molecule has 3 saturated heterocycles. The first-order valence-corrected chi connectivity index (χ1v) is 8.43. The highest BCUT2D eigenvalue weighted by Gasteiger charge is 2.45. The Morgan fingerprint density at radius 2 is 1.96 bits per heavy atom. The van der Waals surface area contributed by atoms with Crippen LogP contribution in [0, 0.1) is 5.92 Å². The predicted molar refractivity (Wildman–Crippen MR) is 88.8 cm³/mol. The molecule has 2 bridgehead atoms. The number of hydrogen-bond donors (Lipinski definition) is 1. The number of rotatable bonds is 4. The normalized spacial score (nSPS) is 32.7. The number of hydrogen-bond acceptors (Lipinski definition) is 4. The average molecular weight is 315 g/mol. The van der Waals surface area contributed by atoms with Crippen molar-refractivity contribution in [3.05, 3.63) is 48.0 Å². The minimum absolute atomic E-state index is 0.134. The van der Waals surface area contributed by atoms with E-state index in [-0.39, 0.29) is 12.1 Å². The molecule has 4 nitrogen and oxygen atoms in total. The Kier molecular flexibility index (Phi) is 4.55. The van der Waals surface area contributed by atoms with Crippen LogP contribution in [0.15, 0.2) is 42.5 Å². The van der Waals surface area contributed by atoms with Gasteiger partial charge in [0.25, 0.3) is 0 Å². The summed E-state index contributed by atoms with van der Waals surface area (Å²) >= 11 is 0. The number of piperidine rings is 3. The van der Waals surface area contributed by atoms with Crippen molar-refractivity contribution < 1.29 is 14.6 Å². The molecule has 4 heteroatoms. The van der Waals surface area contributed by atoms with Crippen LogP contribution in [0.25, 0.3) is 0 Å². The first-order valence-electron chi connectivity index (χ1n) is 8.43. The number of esters is 1. The molecule has 0 aliphatic carbocycles. The van der Waals surface area contributed by atoms with E-state index in [0.29, 0.717) is 11.5 Å². The van der Waals surface area contributed by atoms with Gasteiger partial charge < -0.3 is 9.84 Å². The lowest BCUT2D eigenvalue weighted by atomic mass is 9.81. The molecule has 23 heavy (non-hydrogen) atoms. The Bertz CT molecular complexity index is 576. The number of ether oxygens (including phenoxy) is 1. The van der Waals surface area contributed by atoms with E-state index in [9.17, 15) is 9.90 Å². The van der Waals surface area contributed by atoms with Crippen LogP contribution in [0.4, 0.5) is 0 Å². The standard InChI is InChI=1S/C19H25NO3/c1-3-11-19(22,16-7-5-4-6-8-16)18(21)23-17-14(2)20-12-9-15(17)10-13-20/h3-8,11,14-15,17,22H,9-10,12-13H2,1-2H3/b11-3-. The van der Waals surface area contributed by atoms with E-state index in [0.717, 1.165) is 25.9 Å². The monoisotopic (exact) mass is 315 g/mol. The molecule has 3 unspecified atom stereocenters. The lowest BCUT2D eigenvalue weighted by Gasteiger charge is -2.49. The molecule has 124 valence electrons. The summed E-state index contributed by atoms with van der Waals surface area (Å²) in [5.74, 6) is -0.169. The largest absolute Gasteiger partial charge is 0.458 e. The van der Waals surface area contributed by atoms with E-state index in [1.807, 2.05) is 18.2 Å². The fraction of sp³-hybridized carbons (Fsp3) is 0.526. The molecule has 1 aromatic rings. The van der Waals surface area contributed by atoms with Gasteiger partial charge in [0, 0.05) is 6.04 Å². The zero-order valence-corrected chi connectivity index (χ0v) is 13.8. The molecule has 4 rings (SSSR count). The predicted octanol–water partition coefficient (Wildman–Crippen LogP) is 2.48. The third kappa shape index (κ3) is 2.93. The molecule has 0 saturated carbocycles. The van der Waals surface area contributed by atoms with E-state index < -0.39 is 11.6 Å². The topological polar surface area (TPSA) is 49.8 Å². The van der Waals surface area contributed by atoms with Crippen molar-refractivity contribution in [1.82, 2.24) is 4.90 Å². The van der Waals surface area contributed by atoms with E-state index >= 15 is 0 Å². The van der Waals surface area contributed by atoms with Gasteiger partial charge in [-0.2, -0.15) is 0 Å². The lowest BCUT2D eigenvalue weighted by Crippen LogP contribution is -2.58. The second-order valence-electron chi connectivity index (χ2n) is 6.62. The maximum absolute atomic E-state index is 12.8. The number of nitrogens with zero attached hydrogens (tertiary/aromatic N) is 1. The second kappa shape index (κ2) is 6.46. The number of allylic oxidation sites excluding steroid dienone is 1. The maximum Gasteiger partial charge on any atom is 0.347 e. The van der Waals surface area contributed by atoms with Gasteiger partial charge in [0.1, 0.15) is 6.10 Å². The molecule has 0 aromatic heterocycles. The zero-order valence-electron chi connectivity index (χ0n) is 13.8. The fourth-order valence-electron chi connectivity index (χ4n) is 3.88. The van der Waals surface area contributed by atoms with Crippen LogP contribution >= 0.6 is 0 Å². The smallest absolute Gasteiger partial charge is 0.347 e. The number of fused-ring (bicyclic) bond motifs is 3. The van der Waals surface area contributed by atoms with Crippen molar-refractivity contribution in [2.75, 3.05) is 13.1 Å². The maximum atomic E-state index is 12.8. The summed E-state index contributed by atoms with van der Waals surface area (Å²) < 4.78 is 5.83. The van der Waals surface area contributed by atoms with Gasteiger partial charge in [0.15, 0.2) is 0 Å². The Morgan fingerprint density at radius 1 is 1.30 bits per heavy atom. The molecule has 0 radical (unpaired) electrons. The van der Waals surface area contributed by atoms with Gasteiger partial charge in [-0.3, -0.25) is 4.90 Å². The van der Waals surface area contributed by atoms with Crippen molar-refractivity contribution in [1.29, 1.82) is 0 Å². The van der Waals surface area contributed by atoms with E-state index in [1.165, 1.54) is 6.08 Å². The molecule has 0 spiro atoms. The minimum Gasteiger partial charge on any atom is -0.458 e. The van der Waals surface area contributed by atoms with Crippen molar-refractivity contribution in [2.45, 2.75) is 44.4 Å². The zero-order chi connectivity index (χ0) is 16.4. The van der Waals surface area contributed by atoms with Crippen LogP contribution in [-0.4, -0.2) is 41.2 Å². The summed E-state index contributed by atoms with van der Waals surface area (Å²) in [5, 5.41) is 11.0. The lowest BCUT2D eigenvalue weighted by molar-refractivity contribution is -0.182. The molecule has 3 atom stereocenters. The van der Waals surface area contributed by atoms with Crippen LogP contribution < -0.4 is 0 Å². The Labute approximate surface area is 137 Å². The Balaban J connectivity index is 1.82. The molecule has 3 aliphatic heterocycles. The van der Waals surface area contributed by atoms with Crippen LogP contribution in [-0.2, 0) is 15.1 Å².